The van der Waals surface area contributed by atoms with E-state index in [1.807, 2.05) is 6.07 Å². The lowest BCUT2D eigenvalue weighted by Crippen LogP contribution is -2.39. The standard InChI is InChI=1S/C16H24BrClN2/c1-3-8-20-9-6-13(7-10-20)12(2)19-14-4-5-16(18)15(17)11-14/h4-5,11-13,19H,3,6-10H2,1-2H3. The largest absolute Gasteiger partial charge is 0.382 e. The van der Waals surface area contributed by atoms with Gasteiger partial charge in [0.2, 0.25) is 0 Å². The third-order valence-corrected chi connectivity index (χ3v) is 5.41. The summed E-state index contributed by atoms with van der Waals surface area (Å²) >= 11 is 9.51. The highest BCUT2D eigenvalue weighted by Crippen LogP contribution is 2.28. The topological polar surface area (TPSA) is 15.3 Å². The first-order chi connectivity index (χ1) is 9.60. The summed E-state index contributed by atoms with van der Waals surface area (Å²) in [6.45, 7) is 8.29. The molecule has 0 bridgehead atoms. The zero-order chi connectivity index (χ0) is 14.5. The van der Waals surface area contributed by atoms with Gasteiger partial charge in [-0.15, -0.1) is 0 Å². The molecule has 1 unspecified atom stereocenters. The monoisotopic (exact) mass is 358 g/mol. The Morgan fingerprint density at radius 3 is 2.70 bits per heavy atom. The molecule has 2 nitrogen and oxygen atoms in total. The van der Waals surface area contributed by atoms with Gasteiger partial charge in [0.25, 0.3) is 0 Å². The fraction of sp³-hybridized carbons (Fsp3) is 0.625. The highest BCUT2D eigenvalue weighted by atomic mass is 79.9. The Balaban J connectivity index is 1.86. The molecule has 0 radical (unpaired) electrons. The average molecular weight is 360 g/mol. The third-order valence-electron chi connectivity index (χ3n) is 4.19. The molecule has 1 aliphatic heterocycles. The van der Waals surface area contributed by atoms with Gasteiger partial charge in [0.05, 0.1) is 5.02 Å². The summed E-state index contributed by atoms with van der Waals surface area (Å²) < 4.78 is 0.953. The van der Waals surface area contributed by atoms with E-state index in [-0.39, 0.29) is 0 Å². The first-order valence-electron chi connectivity index (χ1n) is 7.54. The highest BCUT2D eigenvalue weighted by molar-refractivity contribution is 9.10. The lowest BCUT2D eigenvalue weighted by Gasteiger charge is -2.35. The molecular formula is C16H24BrClN2. The lowest BCUT2D eigenvalue weighted by atomic mass is 9.90. The molecule has 4 heteroatoms. The van der Waals surface area contributed by atoms with Crippen LogP contribution in [0.4, 0.5) is 5.69 Å². The van der Waals surface area contributed by atoms with E-state index in [4.69, 9.17) is 11.6 Å². The van der Waals surface area contributed by atoms with Crippen molar-refractivity contribution in [1.29, 1.82) is 0 Å². The van der Waals surface area contributed by atoms with Gasteiger partial charge in [-0.3, -0.25) is 0 Å². The summed E-state index contributed by atoms with van der Waals surface area (Å²) in [5.74, 6) is 0.762. The molecule has 0 spiro atoms. The molecule has 0 aliphatic carbocycles. The Morgan fingerprint density at radius 2 is 2.10 bits per heavy atom. The molecule has 2 rings (SSSR count). The van der Waals surface area contributed by atoms with Crippen LogP contribution in [-0.4, -0.2) is 30.6 Å². The summed E-state index contributed by atoms with van der Waals surface area (Å²) in [7, 11) is 0. The molecule has 20 heavy (non-hydrogen) atoms. The van der Waals surface area contributed by atoms with Crippen LogP contribution in [0.5, 0.6) is 0 Å². The highest BCUT2D eigenvalue weighted by Gasteiger charge is 2.23. The van der Waals surface area contributed by atoms with Gasteiger partial charge in [-0.1, -0.05) is 18.5 Å². The second-order valence-corrected chi connectivity index (χ2v) is 7.00. The van der Waals surface area contributed by atoms with Crippen LogP contribution in [0.25, 0.3) is 0 Å². The number of anilines is 1. The molecule has 1 heterocycles. The van der Waals surface area contributed by atoms with Crippen molar-refractivity contribution in [3.8, 4) is 0 Å². The van der Waals surface area contributed by atoms with Gasteiger partial charge < -0.3 is 10.2 Å². The normalized spacial score (nSPS) is 19.0. The SMILES string of the molecule is CCCN1CCC(C(C)Nc2ccc(Cl)c(Br)c2)CC1. The van der Waals surface area contributed by atoms with Crippen molar-refractivity contribution in [2.75, 3.05) is 25.0 Å². The van der Waals surface area contributed by atoms with Crippen molar-refractivity contribution in [2.24, 2.45) is 5.92 Å². The molecule has 1 atom stereocenters. The van der Waals surface area contributed by atoms with Crippen LogP contribution in [0.1, 0.15) is 33.1 Å². The van der Waals surface area contributed by atoms with E-state index in [1.54, 1.807) is 0 Å². The van der Waals surface area contributed by atoms with Crippen molar-refractivity contribution in [1.82, 2.24) is 4.90 Å². The fourth-order valence-corrected chi connectivity index (χ4v) is 3.46. The summed E-state index contributed by atoms with van der Waals surface area (Å²) in [6, 6.07) is 6.55. The van der Waals surface area contributed by atoms with E-state index in [0.29, 0.717) is 6.04 Å². The Bertz CT molecular complexity index is 430. The maximum Gasteiger partial charge on any atom is 0.0549 e. The van der Waals surface area contributed by atoms with Crippen LogP contribution < -0.4 is 5.32 Å². The Kier molecular flexibility index (Phi) is 6.19. The number of rotatable bonds is 5. The number of piperidine rings is 1. The van der Waals surface area contributed by atoms with Crippen molar-refractivity contribution in [3.63, 3.8) is 0 Å². The van der Waals surface area contributed by atoms with Crippen molar-refractivity contribution < 1.29 is 0 Å². The van der Waals surface area contributed by atoms with Crippen molar-refractivity contribution in [2.45, 2.75) is 39.2 Å². The minimum atomic E-state index is 0.506. The van der Waals surface area contributed by atoms with E-state index in [2.05, 4.69) is 52.1 Å². The minimum Gasteiger partial charge on any atom is -0.382 e. The molecule has 0 amide bonds. The molecule has 0 aromatic heterocycles. The van der Waals surface area contributed by atoms with Crippen LogP contribution >= 0.6 is 27.5 Å². The van der Waals surface area contributed by atoms with Gasteiger partial charge in [0, 0.05) is 16.2 Å². The zero-order valence-corrected chi connectivity index (χ0v) is 14.7. The predicted molar refractivity (Wildman–Crippen MR) is 91.7 cm³/mol. The summed E-state index contributed by atoms with van der Waals surface area (Å²) in [5.41, 5.74) is 1.14. The van der Waals surface area contributed by atoms with Gasteiger partial charge in [-0.25, -0.2) is 0 Å². The number of halogens is 2. The van der Waals surface area contributed by atoms with Crippen LogP contribution in [-0.2, 0) is 0 Å². The fourth-order valence-electron chi connectivity index (χ4n) is 2.96. The molecule has 1 aromatic rings. The summed E-state index contributed by atoms with van der Waals surface area (Å²) in [5, 5.41) is 4.38. The van der Waals surface area contributed by atoms with Gasteiger partial charge in [-0.2, -0.15) is 0 Å². The molecule has 1 saturated heterocycles. The number of benzene rings is 1. The third kappa shape index (κ3) is 4.37. The van der Waals surface area contributed by atoms with Gasteiger partial charge in [0.15, 0.2) is 0 Å². The molecule has 1 aliphatic rings. The van der Waals surface area contributed by atoms with E-state index in [9.17, 15) is 0 Å². The second-order valence-electron chi connectivity index (χ2n) is 5.74. The first-order valence-corrected chi connectivity index (χ1v) is 8.71. The minimum absolute atomic E-state index is 0.506. The first kappa shape index (κ1) is 16.1. The number of nitrogens with zero attached hydrogens (tertiary/aromatic N) is 1. The molecular weight excluding hydrogens is 336 g/mol. The van der Waals surface area contributed by atoms with Gasteiger partial charge in [-0.05, 0) is 85.9 Å². The molecule has 1 aromatic carbocycles. The van der Waals surface area contributed by atoms with E-state index in [0.717, 1.165) is 21.1 Å². The Hall–Kier alpha value is -0.250. The smallest absolute Gasteiger partial charge is 0.0549 e. The maximum atomic E-state index is 6.03. The van der Waals surface area contributed by atoms with Crippen molar-refractivity contribution >= 4 is 33.2 Å². The number of hydrogen-bond donors (Lipinski definition) is 1. The number of hydrogen-bond acceptors (Lipinski definition) is 2. The summed E-state index contributed by atoms with van der Waals surface area (Å²) in [4.78, 5) is 2.59. The number of likely N-dealkylation sites (tertiary alicyclic amines) is 1. The lowest BCUT2D eigenvalue weighted by molar-refractivity contribution is 0.176. The number of nitrogens with one attached hydrogen (secondary N) is 1. The van der Waals surface area contributed by atoms with E-state index in [1.165, 1.54) is 38.9 Å². The van der Waals surface area contributed by atoms with Gasteiger partial charge >= 0.3 is 0 Å². The average Bonchev–Trinajstić information content (AvgIpc) is 2.44. The van der Waals surface area contributed by atoms with E-state index < -0.39 is 0 Å². The predicted octanol–water partition coefficient (Wildman–Crippen LogP) is 5.02. The van der Waals surface area contributed by atoms with Gasteiger partial charge in [0.1, 0.15) is 0 Å². The molecule has 1 N–H and O–H groups in total. The van der Waals surface area contributed by atoms with Crippen LogP contribution in [0.15, 0.2) is 22.7 Å². The zero-order valence-electron chi connectivity index (χ0n) is 12.3. The molecule has 0 saturated carbocycles. The van der Waals surface area contributed by atoms with Crippen LogP contribution in [0.3, 0.4) is 0 Å². The Morgan fingerprint density at radius 1 is 1.40 bits per heavy atom. The van der Waals surface area contributed by atoms with Crippen LogP contribution in [0.2, 0.25) is 5.02 Å². The van der Waals surface area contributed by atoms with E-state index >= 15 is 0 Å². The molecule has 112 valence electrons. The quantitative estimate of drug-likeness (QED) is 0.793. The van der Waals surface area contributed by atoms with Crippen molar-refractivity contribution in [3.05, 3.63) is 27.7 Å². The molecule has 1 fully saturated rings. The second kappa shape index (κ2) is 7.67. The Labute approximate surface area is 136 Å². The summed E-state index contributed by atoms with van der Waals surface area (Å²) in [6.07, 6.45) is 3.85. The van der Waals surface area contributed by atoms with Crippen LogP contribution in [0, 0.1) is 5.92 Å². The maximum absolute atomic E-state index is 6.03.